The summed E-state index contributed by atoms with van der Waals surface area (Å²) in [6.07, 6.45) is 3.40. The summed E-state index contributed by atoms with van der Waals surface area (Å²) in [5.74, 6) is 2.17. The van der Waals surface area contributed by atoms with Gasteiger partial charge in [0.1, 0.15) is 11.5 Å². The number of rotatable bonds is 5. The van der Waals surface area contributed by atoms with Crippen molar-refractivity contribution in [1.29, 1.82) is 0 Å². The maximum Gasteiger partial charge on any atom is 0.128 e. The van der Waals surface area contributed by atoms with E-state index in [9.17, 15) is 0 Å². The first-order chi connectivity index (χ1) is 10.1. The largest absolute Gasteiger partial charge is 0.457 e. The highest BCUT2D eigenvalue weighted by atomic mass is 35.5. The summed E-state index contributed by atoms with van der Waals surface area (Å²) < 4.78 is 5.77. The van der Waals surface area contributed by atoms with E-state index in [0.717, 1.165) is 28.5 Å². The van der Waals surface area contributed by atoms with Gasteiger partial charge in [0, 0.05) is 10.0 Å². The lowest BCUT2D eigenvalue weighted by Crippen LogP contribution is -1.93. The van der Waals surface area contributed by atoms with Gasteiger partial charge in [-0.3, -0.25) is 0 Å². The monoisotopic (exact) mass is 318 g/mol. The first-order valence-corrected chi connectivity index (χ1v) is 7.77. The van der Waals surface area contributed by atoms with E-state index in [0.29, 0.717) is 10.9 Å². The Labute approximate surface area is 135 Å². The van der Waals surface area contributed by atoms with E-state index in [1.165, 1.54) is 18.4 Å². The van der Waals surface area contributed by atoms with Gasteiger partial charge in [0.2, 0.25) is 0 Å². The minimum absolute atomic E-state index is 0.689. The van der Waals surface area contributed by atoms with Gasteiger partial charge in [-0.05, 0) is 67.1 Å². The smallest absolute Gasteiger partial charge is 0.128 e. The predicted molar refractivity (Wildman–Crippen MR) is 88.5 cm³/mol. The number of benzene rings is 2. The van der Waals surface area contributed by atoms with Gasteiger partial charge in [0.05, 0.1) is 0 Å². The SMILES string of the molecule is C=C(Cc1ccc(Oc2ccc(Cl)cc2)cc1Cl)C1CC1. The van der Waals surface area contributed by atoms with Crippen LogP contribution in [0.2, 0.25) is 10.0 Å². The molecule has 1 aliphatic carbocycles. The maximum absolute atomic E-state index is 6.35. The normalized spacial score (nSPS) is 14.0. The highest BCUT2D eigenvalue weighted by Gasteiger charge is 2.24. The van der Waals surface area contributed by atoms with Crippen molar-refractivity contribution in [3.63, 3.8) is 0 Å². The number of hydrogen-bond acceptors (Lipinski definition) is 1. The molecule has 0 saturated heterocycles. The molecule has 0 amide bonds. The van der Waals surface area contributed by atoms with Gasteiger partial charge in [-0.1, -0.05) is 41.4 Å². The zero-order valence-electron chi connectivity index (χ0n) is 11.6. The lowest BCUT2D eigenvalue weighted by atomic mass is 10.0. The predicted octanol–water partition coefficient (Wildman–Crippen LogP) is 6.29. The Hall–Kier alpha value is -1.44. The van der Waals surface area contributed by atoms with Crippen molar-refractivity contribution < 1.29 is 4.74 Å². The average molecular weight is 319 g/mol. The van der Waals surface area contributed by atoms with Crippen molar-refractivity contribution in [3.8, 4) is 11.5 Å². The van der Waals surface area contributed by atoms with Crippen molar-refractivity contribution in [3.05, 3.63) is 70.2 Å². The van der Waals surface area contributed by atoms with Gasteiger partial charge in [0.15, 0.2) is 0 Å². The fourth-order valence-electron chi connectivity index (χ4n) is 2.25. The molecule has 1 saturated carbocycles. The topological polar surface area (TPSA) is 9.23 Å². The summed E-state index contributed by atoms with van der Waals surface area (Å²) in [6, 6.07) is 13.1. The Balaban J connectivity index is 1.71. The molecule has 3 heteroatoms. The van der Waals surface area contributed by atoms with Crippen molar-refractivity contribution in [2.45, 2.75) is 19.3 Å². The minimum Gasteiger partial charge on any atom is -0.457 e. The van der Waals surface area contributed by atoms with Crippen LogP contribution in [-0.2, 0) is 6.42 Å². The average Bonchev–Trinajstić information content (AvgIpc) is 3.29. The molecule has 0 atom stereocenters. The fraction of sp³-hybridized carbons (Fsp3) is 0.222. The second-order valence-corrected chi connectivity index (χ2v) is 6.26. The molecule has 0 aliphatic heterocycles. The van der Waals surface area contributed by atoms with Gasteiger partial charge in [0.25, 0.3) is 0 Å². The van der Waals surface area contributed by atoms with Crippen LogP contribution in [0, 0.1) is 5.92 Å². The third kappa shape index (κ3) is 3.81. The first kappa shape index (κ1) is 14.5. The molecule has 2 aromatic rings. The zero-order valence-corrected chi connectivity index (χ0v) is 13.1. The minimum atomic E-state index is 0.689. The van der Waals surface area contributed by atoms with E-state index in [2.05, 4.69) is 6.58 Å². The van der Waals surface area contributed by atoms with E-state index in [4.69, 9.17) is 27.9 Å². The number of allylic oxidation sites excluding steroid dienone is 1. The van der Waals surface area contributed by atoms with Crippen LogP contribution in [0.5, 0.6) is 11.5 Å². The Morgan fingerprint density at radius 3 is 2.33 bits per heavy atom. The van der Waals surface area contributed by atoms with Crippen LogP contribution < -0.4 is 4.74 Å². The third-order valence-corrected chi connectivity index (χ3v) is 4.25. The van der Waals surface area contributed by atoms with Crippen LogP contribution in [0.1, 0.15) is 18.4 Å². The summed E-state index contributed by atoms with van der Waals surface area (Å²) in [7, 11) is 0. The molecule has 0 N–H and O–H groups in total. The van der Waals surface area contributed by atoms with Crippen molar-refractivity contribution in [1.82, 2.24) is 0 Å². The van der Waals surface area contributed by atoms with Crippen molar-refractivity contribution in [2.24, 2.45) is 5.92 Å². The van der Waals surface area contributed by atoms with E-state index >= 15 is 0 Å². The third-order valence-electron chi connectivity index (χ3n) is 3.65. The van der Waals surface area contributed by atoms with E-state index in [1.807, 2.05) is 30.3 Å². The number of hydrogen-bond donors (Lipinski definition) is 0. The molecule has 1 nitrogen and oxygen atoms in total. The molecular formula is C18H16Cl2O. The number of halogens is 2. The van der Waals surface area contributed by atoms with Crippen LogP contribution in [0.15, 0.2) is 54.6 Å². The summed E-state index contributed by atoms with van der Waals surface area (Å²) in [5, 5.41) is 1.41. The highest BCUT2D eigenvalue weighted by molar-refractivity contribution is 6.31. The molecule has 0 aromatic heterocycles. The molecule has 2 aromatic carbocycles. The molecular weight excluding hydrogens is 303 g/mol. The zero-order chi connectivity index (χ0) is 14.8. The molecule has 1 fully saturated rings. The summed E-state index contributed by atoms with van der Waals surface area (Å²) in [4.78, 5) is 0. The van der Waals surface area contributed by atoms with Crippen LogP contribution in [0.25, 0.3) is 0 Å². The summed E-state index contributed by atoms with van der Waals surface area (Å²) in [5.41, 5.74) is 2.39. The van der Waals surface area contributed by atoms with Crippen LogP contribution in [0.4, 0.5) is 0 Å². The quantitative estimate of drug-likeness (QED) is 0.588. The fourth-order valence-corrected chi connectivity index (χ4v) is 2.62. The molecule has 1 aliphatic rings. The van der Waals surface area contributed by atoms with Gasteiger partial charge in [-0.2, -0.15) is 0 Å². The van der Waals surface area contributed by atoms with Crippen molar-refractivity contribution in [2.75, 3.05) is 0 Å². The molecule has 0 spiro atoms. The summed E-state index contributed by atoms with van der Waals surface area (Å²) in [6.45, 7) is 4.15. The Morgan fingerprint density at radius 2 is 1.71 bits per heavy atom. The van der Waals surface area contributed by atoms with E-state index in [-0.39, 0.29) is 0 Å². The van der Waals surface area contributed by atoms with E-state index in [1.54, 1.807) is 12.1 Å². The number of ether oxygens (including phenoxy) is 1. The van der Waals surface area contributed by atoms with E-state index < -0.39 is 0 Å². The van der Waals surface area contributed by atoms with Gasteiger partial charge in [-0.25, -0.2) is 0 Å². The Morgan fingerprint density at radius 1 is 1.05 bits per heavy atom. The lowest BCUT2D eigenvalue weighted by molar-refractivity contribution is 0.482. The molecule has 0 bridgehead atoms. The lowest BCUT2D eigenvalue weighted by Gasteiger charge is -2.10. The Kier molecular flexibility index (Phi) is 4.23. The maximum atomic E-state index is 6.35. The van der Waals surface area contributed by atoms with Gasteiger partial charge in [-0.15, -0.1) is 0 Å². The summed E-state index contributed by atoms with van der Waals surface area (Å²) >= 11 is 12.2. The van der Waals surface area contributed by atoms with Gasteiger partial charge >= 0.3 is 0 Å². The second kappa shape index (κ2) is 6.13. The molecule has 108 valence electrons. The van der Waals surface area contributed by atoms with Crippen LogP contribution in [0.3, 0.4) is 0 Å². The second-order valence-electron chi connectivity index (χ2n) is 5.42. The molecule has 21 heavy (non-hydrogen) atoms. The van der Waals surface area contributed by atoms with Gasteiger partial charge < -0.3 is 4.74 Å². The molecule has 0 unspecified atom stereocenters. The Bertz CT molecular complexity index is 657. The van der Waals surface area contributed by atoms with Crippen LogP contribution in [-0.4, -0.2) is 0 Å². The molecule has 0 heterocycles. The standard InChI is InChI=1S/C18H16Cl2O/c1-12(13-2-3-13)10-14-4-7-17(11-18(14)20)21-16-8-5-15(19)6-9-16/h4-9,11,13H,1-3,10H2. The highest BCUT2D eigenvalue weighted by Crippen LogP contribution is 2.38. The van der Waals surface area contributed by atoms with Crippen LogP contribution >= 0.6 is 23.2 Å². The van der Waals surface area contributed by atoms with Crippen molar-refractivity contribution >= 4 is 23.2 Å². The molecule has 0 radical (unpaired) electrons. The first-order valence-electron chi connectivity index (χ1n) is 7.01. The molecule has 3 rings (SSSR count).